The third-order valence-corrected chi connectivity index (χ3v) is 6.66. The van der Waals surface area contributed by atoms with Gasteiger partial charge in [0.25, 0.3) is 0 Å². The number of nitrogens with one attached hydrogen (secondary N) is 1. The summed E-state index contributed by atoms with van der Waals surface area (Å²) in [6.07, 6.45) is -0.785. The fourth-order valence-electron chi connectivity index (χ4n) is 4.54. The Hall–Kier alpha value is -2.19. The largest absolute Gasteiger partial charge is 0.488 e. The summed E-state index contributed by atoms with van der Waals surface area (Å²) in [7, 11) is 0. The van der Waals surface area contributed by atoms with Crippen LogP contribution in [0.5, 0.6) is 5.75 Å². The zero-order valence-electron chi connectivity index (χ0n) is 18.8. The fourth-order valence-corrected chi connectivity index (χ4v) is 4.66. The summed E-state index contributed by atoms with van der Waals surface area (Å²) in [4.78, 5) is 11.3. The number of carboxylic acid groups (broad SMARTS) is 1. The first-order valence-electron chi connectivity index (χ1n) is 11.1. The molecular weight excluding hydrogens is 449 g/mol. The summed E-state index contributed by atoms with van der Waals surface area (Å²) in [6.45, 7) is 6.28. The van der Waals surface area contributed by atoms with Gasteiger partial charge in [-0.25, -0.2) is 4.39 Å². The third kappa shape index (κ3) is 5.17. The maximum Gasteiger partial charge on any atom is 0.311 e. The number of aliphatic carboxylic acids is 1. The molecule has 0 spiro atoms. The van der Waals surface area contributed by atoms with E-state index < -0.39 is 23.8 Å². The van der Waals surface area contributed by atoms with Gasteiger partial charge in [-0.15, -0.1) is 0 Å². The average molecular weight is 478 g/mol. The van der Waals surface area contributed by atoms with E-state index in [1.165, 1.54) is 6.07 Å². The molecular formula is C25H29ClFNO5. The molecule has 33 heavy (non-hydrogen) atoms. The molecule has 1 fully saturated rings. The van der Waals surface area contributed by atoms with Gasteiger partial charge in [0.15, 0.2) is 0 Å². The Morgan fingerprint density at radius 1 is 1.33 bits per heavy atom. The van der Waals surface area contributed by atoms with Gasteiger partial charge < -0.3 is 25.0 Å². The quantitative estimate of drug-likeness (QED) is 0.478. The number of carboxylic acids is 1. The minimum absolute atomic E-state index is 0.0872. The second kappa shape index (κ2) is 9.22. The van der Waals surface area contributed by atoms with Crippen molar-refractivity contribution >= 4 is 17.6 Å². The number of rotatable bonds is 10. The first kappa shape index (κ1) is 24.0. The van der Waals surface area contributed by atoms with Crippen LogP contribution in [-0.4, -0.2) is 47.1 Å². The highest BCUT2D eigenvalue weighted by atomic mass is 35.5. The highest BCUT2D eigenvalue weighted by Crippen LogP contribution is 2.59. The van der Waals surface area contributed by atoms with Crippen molar-refractivity contribution in [3.8, 4) is 5.75 Å². The molecule has 6 nitrogen and oxygen atoms in total. The van der Waals surface area contributed by atoms with E-state index in [-0.39, 0.29) is 35.3 Å². The summed E-state index contributed by atoms with van der Waals surface area (Å²) in [5.41, 5.74) is 2.22. The van der Waals surface area contributed by atoms with Crippen LogP contribution < -0.4 is 10.1 Å². The third-order valence-electron chi connectivity index (χ3n) is 6.35. The number of carbonyl (C=O) groups is 1. The number of aliphatic hydroxyl groups excluding tert-OH is 1. The fraction of sp³-hybridized carbons (Fsp3) is 0.480. The van der Waals surface area contributed by atoms with Gasteiger partial charge in [-0.05, 0) is 44.9 Å². The van der Waals surface area contributed by atoms with Crippen molar-refractivity contribution in [2.45, 2.75) is 57.0 Å². The summed E-state index contributed by atoms with van der Waals surface area (Å²) < 4.78 is 25.5. The van der Waals surface area contributed by atoms with E-state index in [0.29, 0.717) is 18.7 Å². The van der Waals surface area contributed by atoms with Crippen molar-refractivity contribution in [2.75, 3.05) is 13.2 Å². The Labute approximate surface area is 197 Å². The van der Waals surface area contributed by atoms with E-state index >= 15 is 0 Å². The highest BCUT2D eigenvalue weighted by molar-refractivity contribution is 6.30. The number of ether oxygens (including phenoxy) is 2. The first-order chi connectivity index (χ1) is 15.6. The molecule has 8 heteroatoms. The number of hydrogen-bond donors (Lipinski definition) is 3. The van der Waals surface area contributed by atoms with Crippen LogP contribution in [-0.2, 0) is 16.0 Å². The Bertz CT molecular complexity index is 1050. The van der Waals surface area contributed by atoms with Crippen LogP contribution in [0.25, 0.3) is 0 Å². The summed E-state index contributed by atoms with van der Waals surface area (Å²) in [5.74, 6) is -1.12. The minimum atomic E-state index is -0.829. The number of halogens is 2. The normalized spacial score (nSPS) is 22.8. The van der Waals surface area contributed by atoms with Gasteiger partial charge in [-0.1, -0.05) is 35.9 Å². The second-order valence-corrected chi connectivity index (χ2v) is 9.96. The van der Waals surface area contributed by atoms with Crippen LogP contribution in [0, 0.1) is 11.7 Å². The molecule has 4 rings (SSSR count). The molecule has 0 unspecified atom stereocenters. The number of para-hydroxylation sites is 1. The van der Waals surface area contributed by atoms with Crippen LogP contribution in [0.15, 0.2) is 36.4 Å². The maximum atomic E-state index is 13.7. The second-order valence-electron chi connectivity index (χ2n) is 9.56. The molecule has 1 aliphatic carbocycles. The molecule has 1 saturated carbocycles. The number of hydrogen-bond acceptors (Lipinski definition) is 5. The summed E-state index contributed by atoms with van der Waals surface area (Å²) >= 11 is 5.75. The van der Waals surface area contributed by atoms with Crippen molar-refractivity contribution in [2.24, 2.45) is 5.92 Å². The van der Waals surface area contributed by atoms with Gasteiger partial charge in [0, 0.05) is 29.1 Å². The summed E-state index contributed by atoms with van der Waals surface area (Å²) in [5, 5.41) is 23.1. The predicted octanol–water partition coefficient (Wildman–Crippen LogP) is 4.09. The van der Waals surface area contributed by atoms with Crippen LogP contribution in [0.1, 0.15) is 49.5 Å². The molecule has 1 heterocycles. The van der Waals surface area contributed by atoms with E-state index in [1.54, 1.807) is 12.1 Å². The van der Waals surface area contributed by atoms with E-state index in [0.717, 1.165) is 16.7 Å². The zero-order chi connectivity index (χ0) is 23.9. The van der Waals surface area contributed by atoms with E-state index in [4.69, 9.17) is 21.1 Å². The SMILES string of the molecule is C[C@@H](OC[C@H](O)CNC(C)(C)Cc1ccc(Cl)c(F)c1)c1cccc2c1O[C@H]1[C@H](C(=O)O)[C@@H]21. The van der Waals surface area contributed by atoms with Crippen molar-refractivity contribution in [3.63, 3.8) is 0 Å². The molecule has 0 radical (unpaired) electrons. The van der Waals surface area contributed by atoms with E-state index in [2.05, 4.69) is 5.32 Å². The molecule has 1 aliphatic heterocycles. The lowest BCUT2D eigenvalue weighted by atomic mass is 9.94. The van der Waals surface area contributed by atoms with Crippen LogP contribution >= 0.6 is 11.6 Å². The van der Waals surface area contributed by atoms with Gasteiger partial charge in [-0.2, -0.15) is 0 Å². The molecule has 2 aromatic carbocycles. The maximum absolute atomic E-state index is 13.7. The van der Waals surface area contributed by atoms with Crippen LogP contribution in [0.3, 0.4) is 0 Å². The van der Waals surface area contributed by atoms with Crippen LogP contribution in [0.4, 0.5) is 4.39 Å². The Morgan fingerprint density at radius 3 is 2.79 bits per heavy atom. The first-order valence-corrected chi connectivity index (χ1v) is 11.5. The standard InChI is InChI=1S/C25H29ClFNO5/c1-13(16-5-4-6-17-20-21(24(30)31)23(20)33-22(16)17)32-12-15(29)11-28-25(2,3)10-14-7-8-18(26)19(27)9-14/h4-9,13,15,20-21,23,28-29H,10-12H2,1-3H3,(H,30,31)/t13-,15-,20-,21-,23-/m1/s1. The van der Waals surface area contributed by atoms with Gasteiger partial charge in [0.05, 0.1) is 23.8 Å². The van der Waals surface area contributed by atoms with Crippen molar-refractivity contribution in [1.29, 1.82) is 0 Å². The van der Waals surface area contributed by atoms with Gasteiger partial charge in [0.2, 0.25) is 0 Å². The zero-order valence-corrected chi connectivity index (χ0v) is 19.6. The van der Waals surface area contributed by atoms with Crippen molar-refractivity contribution in [3.05, 3.63) is 63.9 Å². The molecule has 5 atom stereocenters. The average Bonchev–Trinajstić information content (AvgIpc) is 3.35. The lowest BCUT2D eigenvalue weighted by Gasteiger charge is -2.28. The monoisotopic (exact) mass is 477 g/mol. The number of fused-ring (bicyclic) bond motifs is 3. The number of benzene rings is 2. The lowest BCUT2D eigenvalue weighted by Crippen LogP contribution is -2.46. The minimum Gasteiger partial charge on any atom is -0.488 e. The van der Waals surface area contributed by atoms with E-state index in [9.17, 15) is 19.4 Å². The van der Waals surface area contributed by atoms with Gasteiger partial charge >= 0.3 is 5.97 Å². The number of β-amino-alcohol motifs (C(OH)–C–C–N with tert-alkyl or cyclic N) is 1. The highest BCUT2D eigenvalue weighted by Gasteiger charge is 2.63. The molecule has 178 valence electrons. The molecule has 0 bridgehead atoms. The molecule has 0 saturated heterocycles. The Balaban J connectivity index is 1.27. The molecule has 0 aromatic heterocycles. The predicted molar refractivity (Wildman–Crippen MR) is 122 cm³/mol. The van der Waals surface area contributed by atoms with Gasteiger partial charge in [0.1, 0.15) is 23.6 Å². The smallest absolute Gasteiger partial charge is 0.311 e. The van der Waals surface area contributed by atoms with Crippen molar-refractivity contribution < 1.29 is 28.9 Å². The topological polar surface area (TPSA) is 88.0 Å². The molecule has 0 amide bonds. The molecule has 2 aliphatic rings. The lowest BCUT2D eigenvalue weighted by molar-refractivity contribution is -0.139. The number of aliphatic hydroxyl groups is 1. The Kier molecular flexibility index (Phi) is 6.69. The molecule has 3 N–H and O–H groups in total. The van der Waals surface area contributed by atoms with Crippen molar-refractivity contribution in [1.82, 2.24) is 5.32 Å². The van der Waals surface area contributed by atoms with Gasteiger partial charge in [-0.3, -0.25) is 4.79 Å². The molecule has 2 aromatic rings. The van der Waals surface area contributed by atoms with Crippen LogP contribution in [0.2, 0.25) is 5.02 Å². The summed E-state index contributed by atoms with van der Waals surface area (Å²) in [6, 6.07) is 10.5. The van der Waals surface area contributed by atoms with E-state index in [1.807, 2.05) is 39.0 Å². The Morgan fingerprint density at radius 2 is 2.09 bits per heavy atom.